The van der Waals surface area contributed by atoms with Gasteiger partial charge >= 0.3 is 5.97 Å². The maximum absolute atomic E-state index is 11.3. The molecular formula is C26H34O10. The van der Waals surface area contributed by atoms with Gasteiger partial charge in [0, 0.05) is 0 Å². The Bertz CT molecular complexity index is 1040. The summed E-state index contributed by atoms with van der Waals surface area (Å²) in [6, 6.07) is 10.6. The standard InChI is InChI=1S/C26H34O10/c1-13(9-15-5-7-18(33-3)17(27)11-15)14(2)10-16-6-8-19(20(12-16)34-4)35-26-23(30)21(28)22(29)24(36-26)25(31)32/h5-8,11-14,21-24,26-30H,9-10H2,1-4H3,(H,31,32)/t13-,14+,21+,22+,23-,24+,26-/m1/s1. The van der Waals surface area contributed by atoms with Crippen LogP contribution in [0.1, 0.15) is 25.0 Å². The van der Waals surface area contributed by atoms with Crippen LogP contribution in [0.15, 0.2) is 36.4 Å². The predicted molar refractivity (Wildman–Crippen MR) is 128 cm³/mol. The number of carbonyl (C=O) groups is 1. The normalized spacial score (nSPS) is 25.6. The van der Waals surface area contributed by atoms with Gasteiger partial charge in [-0.15, -0.1) is 0 Å². The quantitative estimate of drug-likeness (QED) is 0.322. The first-order valence-corrected chi connectivity index (χ1v) is 11.7. The molecule has 0 bridgehead atoms. The van der Waals surface area contributed by atoms with Crippen molar-refractivity contribution in [1.29, 1.82) is 0 Å². The Morgan fingerprint density at radius 3 is 1.94 bits per heavy atom. The minimum atomic E-state index is -1.80. The van der Waals surface area contributed by atoms with Crippen molar-refractivity contribution in [1.82, 2.24) is 0 Å². The molecule has 0 aliphatic carbocycles. The number of phenolic OH excluding ortho intramolecular Hbond substituents is 1. The van der Waals surface area contributed by atoms with E-state index in [1.165, 1.54) is 14.2 Å². The third-order valence-corrected chi connectivity index (χ3v) is 6.61. The minimum Gasteiger partial charge on any atom is -0.504 e. The van der Waals surface area contributed by atoms with Crippen molar-refractivity contribution in [2.45, 2.75) is 57.4 Å². The molecule has 36 heavy (non-hydrogen) atoms. The van der Waals surface area contributed by atoms with Gasteiger partial charge < -0.3 is 44.5 Å². The summed E-state index contributed by atoms with van der Waals surface area (Å²) >= 11 is 0. The number of hydrogen-bond donors (Lipinski definition) is 5. The largest absolute Gasteiger partial charge is 0.504 e. The summed E-state index contributed by atoms with van der Waals surface area (Å²) in [5.74, 6) is 0.164. The van der Waals surface area contributed by atoms with Gasteiger partial charge in [0.1, 0.15) is 18.3 Å². The Kier molecular flexibility index (Phi) is 9.02. The van der Waals surface area contributed by atoms with Crippen molar-refractivity contribution in [2.24, 2.45) is 11.8 Å². The molecule has 0 unspecified atom stereocenters. The SMILES string of the molecule is COc1ccc(C[C@@H](C)[C@@H](C)Cc2ccc(O[C@@H]3O[C@H](C(=O)O)[C@@H](O)[C@H](O)[C@H]3O)c(OC)c2)cc1O. The summed E-state index contributed by atoms with van der Waals surface area (Å²) in [7, 11) is 2.96. The number of aromatic hydroxyl groups is 1. The highest BCUT2D eigenvalue weighted by Crippen LogP contribution is 2.34. The number of hydrogen-bond acceptors (Lipinski definition) is 9. The number of carboxylic acid groups (broad SMARTS) is 1. The van der Waals surface area contributed by atoms with Gasteiger partial charge in [0.05, 0.1) is 14.2 Å². The number of methoxy groups -OCH3 is 2. The van der Waals surface area contributed by atoms with Gasteiger partial charge in [0.15, 0.2) is 29.1 Å². The Labute approximate surface area is 209 Å². The molecule has 0 spiro atoms. The third kappa shape index (κ3) is 6.19. The van der Waals surface area contributed by atoms with E-state index in [-0.39, 0.29) is 17.4 Å². The molecule has 0 saturated carbocycles. The zero-order valence-corrected chi connectivity index (χ0v) is 20.7. The van der Waals surface area contributed by atoms with Gasteiger partial charge in [0.2, 0.25) is 6.29 Å². The molecule has 3 rings (SSSR count). The molecule has 10 heteroatoms. The number of aliphatic carboxylic acids is 1. The molecule has 1 heterocycles. The van der Waals surface area contributed by atoms with E-state index in [0.717, 1.165) is 24.0 Å². The van der Waals surface area contributed by atoms with Crippen LogP contribution in [0.3, 0.4) is 0 Å². The van der Waals surface area contributed by atoms with Crippen LogP contribution in [-0.2, 0) is 22.4 Å². The van der Waals surface area contributed by atoms with E-state index in [9.17, 15) is 30.3 Å². The number of phenols is 1. The lowest BCUT2D eigenvalue weighted by Gasteiger charge is -2.38. The zero-order chi connectivity index (χ0) is 26.6. The van der Waals surface area contributed by atoms with Crippen LogP contribution in [-0.4, -0.2) is 76.4 Å². The predicted octanol–water partition coefficient (Wildman–Crippen LogP) is 1.74. The molecule has 1 aliphatic rings. The maximum Gasteiger partial charge on any atom is 0.335 e. The van der Waals surface area contributed by atoms with Gasteiger partial charge in [-0.2, -0.15) is 0 Å². The second-order valence-electron chi connectivity index (χ2n) is 9.21. The summed E-state index contributed by atoms with van der Waals surface area (Å²) in [5, 5.41) is 49.3. The van der Waals surface area contributed by atoms with Gasteiger partial charge in [-0.1, -0.05) is 26.0 Å². The second kappa shape index (κ2) is 11.8. The van der Waals surface area contributed by atoms with E-state index in [0.29, 0.717) is 17.4 Å². The topological polar surface area (TPSA) is 155 Å². The number of rotatable bonds is 10. The van der Waals surface area contributed by atoms with Crippen molar-refractivity contribution in [3.05, 3.63) is 47.5 Å². The number of benzene rings is 2. The van der Waals surface area contributed by atoms with Gasteiger partial charge in [0.25, 0.3) is 0 Å². The zero-order valence-electron chi connectivity index (χ0n) is 20.7. The lowest BCUT2D eigenvalue weighted by atomic mass is 9.85. The van der Waals surface area contributed by atoms with E-state index in [2.05, 4.69) is 13.8 Å². The number of carboxylic acids is 1. The molecular weight excluding hydrogens is 472 g/mol. The fourth-order valence-corrected chi connectivity index (χ4v) is 4.22. The molecule has 5 N–H and O–H groups in total. The molecule has 2 aromatic rings. The number of ether oxygens (including phenoxy) is 4. The first-order chi connectivity index (χ1) is 17.0. The van der Waals surface area contributed by atoms with Crippen LogP contribution >= 0.6 is 0 Å². The van der Waals surface area contributed by atoms with E-state index < -0.39 is 36.7 Å². The molecule has 0 amide bonds. The molecule has 10 nitrogen and oxygen atoms in total. The monoisotopic (exact) mass is 506 g/mol. The smallest absolute Gasteiger partial charge is 0.335 e. The van der Waals surface area contributed by atoms with Gasteiger partial charge in [-0.25, -0.2) is 4.79 Å². The Hall–Kier alpha value is -3.05. The van der Waals surface area contributed by atoms with Crippen LogP contribution in [0.5, 0.6) is 23.0 Å². The molecule has 0 aromatic heterocycles. The molecule has 198 valence electrons. The molecule has 7 atom stereocenters. The van der Waals surface area contributed by atoms with Crippen LogP contribution in [0.2, 0.25) is 0 Å². The molecule has 2 aromatic carbocycles. The summed E-state index contributed by atoms with van der Waals surface area (Å²) in [6.07, 6.45) is -7.01. The Morgan fingerprint density at radius 2 is 1.42 bits per heavy atom. The molecule has 0 radical (unpaired) electrons. The first kappa shape index (κ1) is 27.5. The fraction of sp³-hybridized carbons (Fsp3) is 0.500. The highest BCUT2D eigenvalue weighted by molar-refractivity contribution is 5.73. The number of aliphatic hydroxyl groups is 3. The summed E-state index contributed by atoms with van der Waals surface area (Å²) in [6.45, 7) is 4.27. The van der Waals surface area contributed by atoms with Gasteiger partial charge in [-0.3, -0.25) is 0 Å². The Balaban J connectivity index is 1.67. The number of aliphatic hydroxyl groups excluding tert-OH is 3. The van der Waals surface area contributed by atoms with E-state index in [1.54, 1.807) is 24.3 Å². The molecule has 1 fully saturated rings. The van der Waals surface area contributed by atoms with Crippen molar-refractivity contribution in [3.63, 3.8) is 0 Å². The van der Waals surface area contributed by atoms with Crippen LogP contribution < -0.4 is 14.2 Å². The van der Waals surface area contributed by atoms with Crippen molar-refractivity contribution in [2.75, 3.05) is 14.2 Å². The van der Waals surface area contributed by atoms with Crippen LogP contribution in [0.25, 0.3) is 0 Å². The maximum atomic E-state index is 11.3. The highest BCUT2D eigenvalue weighted by Gasteiger charge is 2.48. The first-order valence-electron chi connectivity index (χ1n) is 11.7. The minimum absolute atomic E-state index is 0.110. The lowest BCUT2D eigenvalue weighted by molar-refractivity contribution is -0.271. The van der Waals surface area contributed by atoms with Gasteiger partial charge in [-0.05, 0) is 60.1 Å². The summed E-state index contributed by atoms with van der Waals surface area (Å²) < 4.78 is 21.4. The fourth-order valence-electron chi connectivity index (χ4n) is 4.22. The highest BCUT2D eigenvalue weighted by atomic mass is 16.7. The Morgan fingerprint density at radius 1 is 0.861 bits per heavy atom. The lowest BCUT2D eigenvalue weighted by Crippen LogP contribution is -2.61. The van der Waals surface area contributed by atoms with Crippen molar-refractivity contribution in [3.8, 4) is 23.0 Å². The average Bonchev–Trinajstić information content (AvgIpc) is 2.84. The molecule has 1 saturated heterocycles. The second-order valence-corrected chi connectivity index (χ2v) is 9.21. The summed E-state index contributed by atoms with van der Waals surface area (Å²) in [5.41, 5.74) is 1.98. The van der Waals surface area contributed by atoms with Crippen molar-refractivity contribution >= 4 is 5.97 Å². The van der Waals surface area contributed by atoms with Crippen LogP contribution in [0.4, 0.5) is 0 Å². The van der Waals surface area contributed by atoms with E-state index in [1.807, 2.05) is 12.1 Å². The summed E-state index contributed by atoms with van der Waals surface area (Å²) in [4.78, 5) is 11.3. The van der Waals surface area contributed by atoms with E-state index >= 15 is 0 Å². The third-order valence-electron chi connectivity index (χ3n) is 6.61. The van der Waals surface area contributed by atoms with Crippen LogP contribution in [0, 0.1) is 11.8 Å². The average molecular weight is 507 g/mol. The van der Waals surface area contributed by atoms with E-state index in [4.69, 9.17) is 18.9 Å². The van der Waals surface area contributed by atoms with Crippen molar-refractivity contribution < 1.29 is 49.3 Å². The molecule has 1 aliphatic heterocycles.